The summed E-state index contributed by atoms with van der Waals surface area (Å²) < 4.78 is 18.9. The summed E-state index contributed by atoms with van der Waals surface area (Å²) in [4.78, 5) is 4.10. The summed E-state index contributed by atoms with van der Waals surface area (Å²) in [5, 5.41) is 9.04. The number of nitrogen functional groups attached to an aromatic ring is 1. The monoisotopic (exact) mass is 292 g/mol. The number of nitriles is 1. The van der Waals surface area contributed by atoms with E-state index in [0.717, 1.165) is 6.07 Å². The van der Waals surface area contributed by atoms with E-state index >= 15 is 0 Å². The quantitative estimate of drug-likeness (QED) is 0.668. The number of pyridine rings is 1. The zero-order chi connectivity index (χ0) is 14.5. The van der Waals surface area contributed by atoms with E-state index < -0.39 is 5.82 Å². The lowest BCUT2D eigenvalue weighted by Crippen LogP contribution is -2.10. The number of halogens is 2. The van der Waals surface area contributed by atoms with Crippen LogP contribution in [0.4, 0.5) is 10.2 Å². The van der Waals surface area contributed by atoms with Crippen LogP contribution in [0.25, 0.3) is 0 Å². The molecule has 0 aliphatic heterocycles. The first-order valence-electron chi connectivity index (χ1n) is 5.58. The first kappa shape index (κ1) is 14.1. The number of nitrogens with zero attached hydrogens (tertiary/aromatic N) is 2. The van der Waals surface area contributed by atoms with Crippen LogP contribution in [0.1, 0.15) is 11.3 Å². The van der Waals surface area contributed by atoms with Gasteiger partial charge in [0.15, 0.2) is 11.6 Å². The van der Waals surface area contributed by atoms with Gasteiger partial charge in [-0.1, -0.05) is 11.6 Å². The molecule has 0 unspecified atom stereocenters. The van der Waals surface area contributed by atoms with E-state index in [0.29, 0.717) is 16.5 Å². The molecule has 1 heterocycles. The fraction of sp³-hybridized carbons (Fsp3) is 0.0769. The van der Waals surface area contributed by atoms with Crippen LogP contribution in [-0.4, -0.2) is 4.98 Å². The van der Waals surface area contributed by atoms with Crippen molar-refractivity contribution in [2.24, 2.45) is 5.84 Å². The summed E-state index contributed by atoms with van der Waals surface area (Å²) in [7, 11) is 0. The van der Waals surface area contributed by atoms with Crippen LogP contribution in [-0.2, 0) is 6.61 Å². The molecule has 0 fully saturated rings. The van der Waals surface area contributed by atoms with Crippen LogP contribution < -0.4 is 16.0 Å². The Balaban J connectivity index is 2.15. The van der Waals surface area contributed by atoms with E-state index in [1.165, 1.54) is 12.1 Å². The van der Waals surface area contributed by atoms with Gasteiger partial charge in [0, 0.05) is 0 Å². The van der Waals surface area contributed by atoms with Gasteiger partial charge >= 0.3 is 0 Å². The summed E-state index contributed by atoms with van der Waals surface area (Å²) >= 11 is 5.96. The number of nitrogens with one attached hydrogen (secondary N) is 1. The van der Waals surface area contributed by atoms with Gasteiger partial charge in [-0.3, -0.25) is 0 Å². The molecule has 1 aromatic heterocycles. The molecule has 0 amide bonds. The topological polar surface area (TPSA) is 84.0 Å². The van der Waals surface area contributed by atoms with Crippen molar-refractivity contribution < 1.29 is 9.13 Å². The molecule has 0 atom stereocenters. The zero-order valence-corrected chi connectivity index (χ0v) is 11.0. The third-order valence-corrected chi connectivity index (χ3v) is 2.84. The largest absolute Gasteiger partial charge is 0.484 e. The van der Waals surface area contributed by atoms with Crippen LogP contribution in [0.2, 0.25) is 5.02 Å². The molecule has 2 rings (SSSR count). The molecule has 7 heteroatoms. The number of nitrogens with two attached hydrogens (primary N) is 1. The van der Waals surface area contributed by atoms with Crippen LogP contribution in [0.5, 0.6) is 5.75 Å². The Morgan fingerprint density at radius 1 is 1.40 bits per heavy atom. The van der Waals surface area contributed by atoms with E-state index in [9.17, 15) is 4.39 Å². The summed E-state index contributed by atoms with van der Waals surface area (Å²) in [6, 6.07) is 9.00. The highest BCUT2D eigenvalue weighted by Gasteiger charge is 2.08. The van der Waals surface area contributed by atoms with Gasteiger partial charge in [0.25, 0.3) is 0 Å². The van der Waals surface area contributed by atoms with E-state index in [4.69, 9.17) is 27.4 Å². The number of ether oxygens (including phenoxy) is 1. The minimum atomic E-state index is -0.617. The first-order valence-corrected chi connectivity index (χ1v) is 5.96. The van der Waals surface area contributed by atoms with Crippen LogP contribution >= 0.6 is 11.6 Å². The molecule has 5 nitrogen and oxygen atoms in total. The van der Waals surface area contributed by atoms with Gasteiger partial charge in [-0.15, -0.1) is 0 Å². The van der Waals surface area contributed by atoms with Crippen molar-refractivity contribution in [3.63, 3.8) is 0 Å². The van der Waals surface area contributed by atoms with Crippen molar-refractivity contribution in [2.45, 2.75) is 6.61 Å². The SMILES string of the molecule is N#Cc1ccc(OCc2nc(NN)ccc2Cl)c(F)c1. The van der Waals surface area contributed by atoms with Crippen molar-refractivity contribution in [1.82, 2.24) is 4.98 Å². The van der Waals surface area contributed by atoms with Crippen molar-refractivity contribution in [2.75, 3.05) is 5.43 Å². The number of hydrazine groups is 1. The normalized spacial score (nSPS) is 9.90. The Bertz CT molecular complexity index is 672. The second kappa shape index (κ2) is 6.19. The predicted molar refractivity (Wildman–Crippen MR) is 72.5 cm³/mol. The lowest BCUT2D eigenvalue weighted by molar-refractivity contribution is 0.286. The highest BCUT2D eigenvalue weighted by molar-refractivity contribution is 6.31. The second-order valence-electron chi connectivity index (χ2n) is 3.82. The van der Waals surface area contributed by atoms with E-state index in [1.807, 2.05) is 6.07 Å². The number of benzene rings is 1. The molecule has 3 N–H and O–H groups in total. The number of anilines is 1. The van der Waals surface area contributed by atoms with Crippen molar-refractivity contribution in [1.29, 1.82) is 5.26 Å². The zero-order valence-electron chi connectivity index (χ0n) is 10.2. The van der Waals surface area contributed by atoms with Gasteiger partial charge in [0.05, 0.1) is 22.3 Å². The Morgan fingerprint density at radius 2 is 2.20 bits per heavy atom. The highest BCUT2D eigenvalue weighted by Crippen LogP contribution is 2.22. The van der Waals surface area contributed by atoms with Gasteiger partial charge < -0.3 is 10.2 Å². The molecule has 0 bridgehead atoms. The van der Waals surface area contributed by atoms with Gasteiger partial charge in [0.2, 0.25) is 0 Å². The highest BCUT2D eigenvalue weighted by atomic mass is 35.5. The minimum Gasteiger partial charge on any atom is -0.484 e. The maximum Gasteiger partial charge on any atom is 0.166 e. The van der Waals surface area contributed by atoms with Crippen LogP contribution in [0.15, 0.2) is 30.3 Å². The summed E-state index contributed by atoms with van der Waals surface area (Å²) in [6.07, 6.45) is 0. The molecule has 102 valence electrons. The van der Waals surface area contributed by atoms with Gasteiger partial charge in [-0.2, -0.15) is 5.26 Å². The molecule has 0 saturated carbocycles. The number of rotatable bonds is 4. The van der Waals surface area contributed by atoms with Gasteiger partial charge in [-0.25, -0.2) is 15.2 Å². The molecule has 0 aliphatic rings. The summed E-state index contributed by atoms with van der Waals surface area (Å²) in [5.74, 6) is 5.07. The third-order valence-electron chi connectivity index (χ3n) is 2.49. The number of hydrogen-bond acceptors (Lipinski definition) is 5. The molecule has 2 aromatic rings. The fourth-order valence-electron chi connectivity index (χ4n) is 1.50. The third kappa shape index (κ3) is 3.15. The Hall–Kier alpha value is -2.36. The van der Waals surface area contributed by atoms with E-state index in [-0.39, 0.29) is 17.9 Å². The van der Waals surface area contributed by atoms with Crippen molar-refractivity contribution >= 4 is 17.4 Å². The maximum absolute atomic E-state index is 13.6. The second-order valence-corrected chi connectivity index (χ2v) is 4.22. The Morgan fingerprint density at radius 3 is 2.85 bits per heavy atom. The number of hydrogen-bond donors (Lipinski definition) is 2. The average molecular weight is 293 g/mol. The van der Waals surface area contributed by atoms with E-state index in [1.54, 1.807) is 12.1 Å². The Kier molecular flexibility index (Phi) is 4.35. The van der Waals surface area contributed by atoms with Crippen molar-refractivity contribution in [3.05, 3.63) is 52.4 Å². The van der Waals surface area contributed by atoms with Gasteiger partial charge in [0.1, 0.15) is 12.4 Å². The van der Waals surface area contributed by atoms with Crippen LogP contribution in [0.3, 0.4) is 0 Å². The molecule has 20 heavy (non-hydrogen) atoms. The molecule has 0 saturated heterocycles. The number of aromatic nitrogens is 1. The van der Waals surface area contributed by atoms with Crippen LogP contribution in [0, 0.1) is 17.1 Å². The average Bonchev–Trinajstić information content (AvgIpc) is 2.47. The molecule has 0 spiro atoms. The predicted octanol–water partition coefficient (Wildman–Crippen LogP) is 2.61. The van der Waals surface area contributed by atoms with Gasteiger partial charge in [-0.05, 0) is 30.3 Å². The molecular weight excluding hydrogens is 283 g/mol. The smallest absolute Gasteiger partial charge is 0.166 e. The lowest BCUT2D eigenvalue weighted by Gasteiger charge is -2.09. The molecule has 1 aromatic carbocycles. The first-order chi connectivity index (χ1) is 9.63. The maximum atomic E-state index is 13.6. The summed E-state index contributed by atoms with van der Waals surface area (Å²) in [5.41, 5.74) is 3.03. The standard InChI is InChI=1S/C13H10ClFN4O/c14-9-2-4-13(19-17)18-11(9)7-20-12-3-1-8(6-16)5-10(12)15/h1-5H,7,17H2,(H,18,19). The summed E-state index contributed by atoms with van der Waals surface area (Å²) in [6.45, 7) is -0.0167. The lowest BCUT2D eigenvalue weighted by atomic mass is 10.2. The van der Waals surface area contributed by atoms with E-state index in [2.05, 4.69) is 10.4 Å². The molecule has 0 aliphatic carbocycles. The fourth-order valence-corrected chi connectivity index (χ4v) is 1.66. The Labute approximate surface area is 119 Å². The molecular formula is C13H10ClFN4O. The molecule has 0 radical (unpaired) electrons. The van der Waals surface area contributed by atoms with Crippen molar-refractivity contribution in [3.8, 4) is 11.8 Å². The minimum absolute atomic E-state index is 0.0167.